The number of furan rings is 1. The van der Waals surface area contributed by atoms with Gasteiger partial charge in [0, 0.05) is 6.42 Å². The van der Waals surface area contributed by atoms with Gasteiger partial charge in [0.05, 0.1) is 23.0 Å². The summed E-state index contributed by atoms with van der Waals surface area (Å²) in [6.45, 7) is 1.96. The maximum atomic E-state index is 11.2. The van der Waals surface area contributed by atoms with Crippen molar-refractivity contribution in [2.75, 3.05) is 0 Å². The van der Waals surface area contributed by atoms with Crippen LogP contribution in [0.4, 0.5) is 0 Å². The predicted molar refractivity (Wildman–Crippen MR) is 73.8 cm³/mol. The summed E-state index contributed by atoms with van der Waals surface area (Å²) in [5, 5.41) is 17.1. The SMILES string of the molecule is CCc1occc1-c1nnc(-c2ccccc2C(=O)O)o1. The van der Waals surface area contributed by atoms with Crippen LogP contribution in [0.1, 0.15) is 23.0 Å². The molecule has 2 aromatic heterocycles. The molecule has 2 heterocycles. The highest BCUT2D eigenvalue weighted by Gasteiger charge is 2.19. The zero-order chi connectivity index (χ0) is 14.8. The lowest BCUT2D eigenvalue weighted by Gasteiger charge is -2.00. The molecule has 0 saturated carbocycles. The van der Waals surface area contributed by atoms with E-state index in [1.165, 1.54) is 6.07 Å². The number of carboxylic acid groups (broad SMARTS) is 1. The van der Waals surface area contributed by atoms with Gasteiger partial charge < -0.3 is 13.9 Å². The Hall–Kier alpha value is -2.89. The van der Waals surface area contributed by atoms with Crippen LogP contribution in [0, 0.1) is 0 Å². The molecule has 3 aromatic rings. The number of hydrogen-bond acceptors (Lipinski definition) is 5. The highest BCUT2D eigenvalue weighted by molar-refractivity contribution is 5.94. The lowest BCUT2D eigenvalue weighted by molar-refractivity contribution is 0.0697. The molecular weight excluding hydrogens is 272 g/mol. The van der Waals surface area contributed by atoms with Crippen LogP contribution in [0.15, 0.2) is 45.4 Å². The molecule has 0 amide bonds. The Kier molecular flexibility index (Phi) is 3.27. The number of nitrogens with zero attached hydrogens (tertiary/aromatic N) is 2. The number of carboxylic acids is 1. The number of carbonyl (C=O) groups is 1. The Morgan fingerprint density at radius 3 is 2.57 bits per heavy atom. The van der Waals surface area contributed by atoms with Gasteiger partial charge in [-0.15, -0.1) is 10.2 Å². The van der Waals surface area contributed by atoms with Gasteiger partial charge in [0.1, 0.15) is 5.76 Å². The second-order valence-electron chi connectivity index (χ2n) is 4.37. The summed E-state index contributed by atoms with van der Waals surface area (Å²) in [6.07, 6.45) is 2.26. The predicted octanol–water partition coefficient (Wildman–Crippen LogP) is 3.26. The zero-order valence-electron chi connectivity index (χ0n) is 11.2. The van der Waals surface area contributed by atoms with Gasteiger partial charge in [0.2, 0.25) is 5.89 Å². The average molecular weight is 284 g/mol. The third kappa shape index (κ3) is 2.31. The van der Waals surface area contributed by atoms with E-state index in [4.69, 9.17) is 8.83 Å². The van der Waals surface area contributed by atoms with Crippen molar-refractivity contribution in [3.05, 3.63) is 47.9 Å². The largest absolute Gasteiger partial charge is 0.478 e. The molecule has 0 radical (unpaired) electrons. The van der Waals surface area contributed by atoms with E-state index in [-0.39, 0.29) is 11.5 Å². The van der Waals surface area contributed by atoms with Crippen LogP contribution in [0.25, 0.3) is 22.9 Å². The van der Waals surface area contributed by atoms with Crippen molar-refractivity contribution in [1.82, 2.24) is 10.2 Å². The first kappa shape index (κ1) is 13.1. The van der Waals surface area contributed by atoms with Crippen molar-refractivity contribution in [2.24, 2.45) is 0 Å². The Morgan fingerprint density at radius 2 is 1.86 bits per heavy atom. The van der Waals surface area contributed by atoms with Crippen LogP contribution >= 0.6 is 0 Å². The van der Waals surface area contributed by atoms with E-state index in [2.05, 4.69) is 10.2 Å². The summed E-state index contributed by atoms with van der Waals surface area (Å²) >= 11 is 0. The third-order valence-electron chi connectivity index (χ3n) is 3.11. The Morgan fingerprint density at radius 1 is 1.14 bits per heavy atom. The third-order valence-corrected chi connectivity index (χ3v) is 3.11. The van der Waals surface area contributed by atoms with Gasteiger partial charge in [-0.2, -0.15) is 0 Å². The first-order chi connectivity index (χ1) is 10.2. The van der Waals surface area contributed by atoms with Crippen LogP contribution in [-0.4, -0.2) is 21.3 Å². The van der Waals surface area contributed by atoms with Crippen LogP contribution in [0.5, 0.6) is 0 Å². The van der Waals surface area contributed by atoms with Crippen LogP contribution in [0.2, 0.25) is 0 Å². The molecule has 6 heteroatoms. The maximum absolute atomic E-state index is 11.2. The summed E-state index contributed by atoms with van der Waals surface area (Å²) < 4.78 is 10.9. The second-order valence-corrected chi connectivity index (χ2v) is 4.37. The summed E-state index contributed by atoms with van der Waals surface area (Å²) in [5.74, 6) is 0.196. The second kappa shape index (κ2) is 5.24. The number of aromatic carboxylic acids is 1. The van der Waals surface area contributed by atoms with Gasteiger partial charge in [-0.1, -0.05) is 19.1 Å². The van der Waals surface area contributed by atoms with Crippen molar-refractivity contribution in [3.8, 4) is 22.9 Å². The molecule has 1 N–H and O–H groups in total. The first-order valence-corrected chi connectivity index (χ1v) is 6.43. The van der Waals surface area contributed by atoms with Crippen LogP contribution in [0.3, 0.4) is 0 Å². The molecule has 106 valence electrons. The molecule has 3 rings (SSSR count). The van der Waals surface area contributed by atoms with E-state index in [1.807, 2.05) is 6.92 Å². The van der Waals surface area contributed by atoms with E-state index in [0.29, 0.717) is 17.9 Å². The summed E-state index contributed by atoms with van der Waals surface area (Å²) in [4.78, 5) is 11.2. The number of benzene rings is 1. The molecule has 6 nitrogen and oxygen atoms in total. The lowest BCUT2D eigenvalue weighted by atomic mass is 10.1. The minimum absolute atomic E-state index is 0.121. The van der Waals surface area contributed by atoms with E-state index < -0.39 is 5.97 Å². The average Bonchev–Trinajstić information content (AvgIpc) is 3.15. The minimum atomic E-state index is -1.04. The fraction of sp³-hybridized carbons (Fsp3) is 0.133. The highest BCUT2D eigenvalue weighted by atomic mass is 16.4. The fourth-order valence-corrected chi connectivity index (χ4v) is 2.10. The molecule has 0 bridgehead atoms. The van der Waals surface area contributed by atoms with Crippen molar-refractivity contribution in [1.29, 1.82) is 0 Å². The van der Waals surface area contributed by atoms with Gasteiger partial charge in [-0.25, -0.2) is 4.79 Å². The Balaban J connectivity index is 2.05. The summed E-state index contributed by atoms with van der Waals surface area (Å²) in [5.41, 5.74) is 1.24. The maximum Gasteiger partial charge on any atom is 0.336 e. The summed E-state index contributed by atoms with van der Waals surface area (Å²) in [6, 6.07) is 8.25. The van der Waals surface area contributed by atoms with Crippen molar-refractivity contribution in [2.45, 2.75) is 13.3 Å². The minimum Gasteiger partial charge on any atom is -0.478 e. The molecule has 0 unspecified atom stereocenters. The normalized spacial score (nSPS) is 10.7. The zero-order valence-corrected chi connectivity index (χ0v) is 11.2. The number of rotatable bonds is 4. The molecule has 0 atom stereocenters. The van der Waals surface area contributed by atoms with Crippen molar-refractivity contribution >= 4 is 5.97 Å². The number of hydrogen-bond donors (Lipinski definition) is 1. The van der Waals surface area contributed by atoms with Crippen LogP contribution in [-0.2, 0) is 6.42 Å². The van der Waals surface area contributed by atoms with E-state index in [1.54, 1.807) is 30.5 Å². The van der Waals surface area contributed by atoms with Gasteiger partial charge in [0.25, 0.3) is 5.89 Å². The fourth-order valence-electron chi connectivity index (χ4n) is 2.10. The van der Waals surface area contributed by atoms with Crippen molar-refractivity contribution < 1.29 is 18.7 Å². The molecular formula is C15H12N2O4. The number of aryl methyl sites for hydroxylation is 1. The monoisotopic (exact) mass is 284 g/mol. The van der Waals surface area contributed by atoms with Gasteiger partial charge in [0.15, 0.2) is 0 Å². The van der Waals surface area contributed by atoms with Gasteiger partial charge >= 0.3 is 5.97 Å². The first-order valence-electron chi connectivity index (χ1n) is 6.43. The standard InChI is InChI=1S/C15H12N2O4/c1-2-12-11(7-8-20-12)14-17-16-13(21-14)9-5-3-4-6-10(9)15(18)19/h3-8H,2H2,1H3,(H,18,19). The molecule has 1 aromatic carbocycles. The molecule has 0 aliphatic carbocycles. The lowest BCUT2D eigenvalue weighted by Crippen LogP contribution is -1.98. The van der Waals surface area contributed by atoms with E-state index in [9.17, 15) is 9.90 Å². The molecule has 0 fully saturated rings. The number of aromatic nitrogens is 2. The molecule has 0 aliphatic rings. The van der Waals surface area contributed by atoms with Crippen molar-refractivity contribution in [3.63, 3.8) is 0 Å². The van der Waals surface area contributed by atoms with Gasteiger partial charge in [-0.05, 0) is 18.2 Å². The quantitative estimate of drug-likeness (QED) is 0.790. The van der Waals surface area contributed by atoms with E-state index >= 15 is 0 Å². The molecule has 0 aliphatic heterocycles. The summed E-state index contributed by atoms with van der Waals surface area (Å²) in [7, 11) is 0. The molecule has 0 spiro atoms. The highest BCUT2D eigenvalue weighted by Crippen LogP contribution is 2.29. The Bertz CT molecular complexity index is 788. The van der Waals surface area contributed by atoms with E-state index in [0.717, 1.165) is 11.3 Å². The van der Waals surface area contributed by atoms with Crippen LogP contribution < -0.4 is 0 Å². The Labute approximate surface area is 120 Å². The van der Waals surface area contributed by atoms with Gasteiger partial charge in [-0.3, -0.25) is 0 Å². The molecule has 0 saturated heterocycles. The molecule has 21 heavy (non-hydrogen) atoms. The smallest absolute Gasteiger partial charge is 0.336 e. The topological polar surface area (TPSA) is 89.4 Å².